The van der Waals surface area contributed by atoms with Gasteiger partial charge in [-0.15, -0.1) is 0 Å². The number of anilines is 3. The van der Waals surface area contributed by atoms with E-state index in [0.29, 0.717) is 11.5 Å². The van der Waals surface area contributed by atoms with Crippen LogP contribution in [-0.2, 0) is 0 Å². The smallest absolute Gasteiger partial charge is 0.146 e. The van der Waals surface area contributed by atoms with Crippen LogP contribution in [0.3, 0.4) is 0 Å². The van der Waals surface area contributed by atoms with E-state index in [1.807, 2.05) is 6.07 Å². The van der Waals surface area contributed by atoms with E-state index in [-0.39, 0.29) is 5.82 Å². The normalized spacial score (nSPS) is 10.3. The van der Waals surface area contributed by atoms with E-state index in [2.05, 4.69) is 22.2 Å². The van der Waals surface area contributed by atoms with Gasteiger partial charge in [0.2, 0.25) is 0 Å². The molecule has 0 amide bonds. The molecule has 0 aliphatic heterocycles. The monoisotopic (exact) mass is 260 g/mol. The Bertz CT molecular complexity index is 544. The highest BCUT2D eigenvalue weighted by Gasteiger charge is 2.10. The molecule has 0 saturated heterocycles. The summed E-state index contributed by atoms with van der Waals surface area (Å²) in [5.41, 5.74) is 0.489. The molecular weight excluding hydrogens is 243 g/mol. The number of halogens is 1. The fourth-order valence-corrected chi connectivity index (χ4v) is 1.73. The molecule has 0 spiro atoms. The number of hydrogen-bond donors (Lipinski definition) is 1. The topological polar surface area (TPSA) is 41.0 Å². The lowest BCUT2D eigenvalue weighted by atomic mass is 10.3. The van der Waals surface area contributed by atoms with E-state index < -0.39 is 0 Å². The molecule has 0 radical (unpaired) electrons. The standard InChI is InChI=1S/C14H17FN4/c1-3-8-16-13-9-14(18-10-17-13)19(2)12-7-5-4-6-11(12)15/h4-7,9-10H,3,8H2,1-2H3,(H,16,17,18). The third kappa shape index (κ3) is 3.19. The highest BCUT2D eigenvalue weighted by Crippen LogP contribution is 2.25. The lowest BCUT2D eigenvalue weighted by Crippen LogP contribution is -2.13. The van der Waals surface area contributed by atoms with Crippen LogP contribution in [-0.4, -0.2) is 23.6 Å². The van der Waals surface area contributed by atoms with Crippen LogP contribution in [0.5, 0.6) is 0 Å². The Morgan fingerprint density at radius 3 is 2.79 bits per heavy atom. The first-order valence-corrected chi connectivity index (χ1v) is 6.26. The second-order valence-electron chi connectivity index (χ2n) is 4.20. The molecule has 0 unspecified atom stereocenters. The van der Waals surface area contributed by atoms with Crippen molar-refractivity contribution in [2.24, 2.45) is 0 Å². The molecule has 5 heteroatoms. The summed E-state index contributed by atoms with van der Waals surface area (Å²) >= 11 is 0. The van der Waals surface area contributed by atoms with E-state index in [1.54, 1.807) is 30.1 Å². The molecule has 100 valence electrons. The molecule has 0 bridgehead atoms. The van der Waals surface area contributed by atoms with Crippen molar-refractivity contribution in [2.75, 3.05) is 23.8 Å². The second kappa shape index (κ2) is 6.13. The van der Waals surface area contributed by atoms with Crippen LogP contribution in [0.15, 0.2) is 36.7 Å². The minimum Gasteiger partial charge on any atom is -0.370 e. The van der Waals surface area contributed by atoms with Crippen LogP contribution in [0.25, 0.3) is 0 Å². The zero-order valence-electron chi connectivity index (χ0n) is 11.1. The molecule has 0 aliphatic carbocycles. The molecule has 19 heavy (non-hydrogen) atoms. The minimum atomic E-state index is -0.272. The van der Waals surface area contributed by atoms with Crippen LogP contribution in [0.4, 0.5) is 21.7 Å². The number of benzene rings is 1. The zero-order chi connectivity index (χ0) is 13.7. The van der Waals surface area contributed by atoms with Crippen molar-refractivity contribution in [3.63, 3.8) is 0 Å². The average molecular weight is 260 g/mol. The molecule has 0 atom stereocenters. The summed E-state index contributed by atoms with van der Waals surface area (Å²) in [6.45, 7) is 2.93. The van der Waals surface area contributed by atoms with Gasteiger partial charge in [0.05, 0.1) is 5.69 Å². The second-order valence-corrected chi connectivity index (χ2v) is 4.20. The van der Waals surface area contributed by atoms with Crippen molar-refractivity contribution in [3.05, 3.63) is 42.5 Å². The summed E-state index contributed by atoms with van der Waals surface area (Å²) in [6.07, 6.45) is 2.49. The van der Waals surface area contributed by atoms with Crippen molar-refractivity contribution in [3.8, 4) is 0 Å². The maximum absolute atomic E-state index is 13.7. The number of para-hydroxylation sites is 1. The Kier molecular flexibility index (Phi) is 4.28. The van der Waals surface area contributed by atoms with Gasteiger partial charge >= 0.3 is 0 Å². The van der Waals surface area contributed by atoms with E-state index in [9.17, 15) is 4.39 Å². The van der Waals surface area contributed by atoms with Crippen LogP contribution in [0, 0.1) is 5.82 Å². The Labute approximate surface area is 112 Å². The highest BCUT2D eigenvalue weighted by atomic mass is 19.1. The Morgan fingerprint density at radius 2 is 2.05 bits per heavy atom. The minimum absolute atomic E-state index is 0.272. The average Bonchev–Trinajstić information content (AvgIpc) is 2.45. The number of nitrogens with zero attached hydrogens (tertiary/aromatic N) is 3. The Balaban J connectivity index is 2.24. The van der Waals surface area contributed by atoms with Gasteiger partial charge < -0.3 is 10.2 Å². The van der Waals surface area contributed by atoms with Crippen molar-refractivity contribution < 1.29 is 4.39 Å². The molecule has 2 rings (SSSR count). The van der Waals surface area contributed by atoms with Gasteiger partial charge in [0.15, 0.2) is 0 Å². The molecule has 0 saturated carbocycles. The molecule has 0 aliphatic rings. The lowest BCUT2D eigenvalue weighted by molar-refractivity contribution is 0.627. The van der Waals surface area contributed by atoms with Gasteiger partial charge in [-0.05, 0) is 18.6 Å². The fraction of sp³-hybridized carbons (Fsp3) is 0.286. The van der Waals surface area contributed by atoms with Crippen molar-refractivity contribution in [1.82, 2.24) is 9.97 Å². The van der Waals surface area contributed by atoms with Gasteiger partial charge in [0, 0.05) is 19.7 Å². The maximum Gasteiger partial charge on any atom is 0.146 e. The first kappa shape index (κ1) is 13.3. The number of rotatable bonds is 5. The van der Waals surface area contributed by atoms with Crippen molar-refractivity contribution >= 4 is 17.3 Å². The summed E-state index contributed by atoms with van der Waals surface area (Å²) in [4.78, 5) is 10.0. The van der Waals surface area contributed by atoms with Gasteiger partial charge in [0.1, 0.15) is 23.8 Å². The first-order chi connectivity index (χ1) is 9.22. The van der Waals surface area contributed by atoms with Crippen molar-refractivity contribution in [1.29, 1.82) is 0 Å². The third-order valence-corrected chi connectivity index (χ3v) is 2.77. The van der Waals surface area contributed by atoms with E-state index >= 15 is 0 Å². The summed E-state index contributed by atoms with van der Waals surface area (Å²) in [5.74, 6) is 1.13. The van der Waals surface area contributed by atoms with Crippen LogP contribution >= 0.6 is 0 Å². The van der Waals surface area contributed by atoms with E-state index in [0.717, 1.165) is 18.8 Å². The largest absolute Gasteiger partial charge is 0.370 e. The molecular formula is C14H17FN4. The third-order valence-electron chi connectivity index (χ3n) is 2.77. The summed E-state index contributed by atoms with van der Waals surface area (Å²) in [5, 5.41) is 3.18. The summed E-state index contributed by atoms with van der Waals surface area (Å²) < 4.78 is 13.7. The maximum atomic E-state index is 13.7. The Morgan fingerprint density at radius 1 is 1.26 bits per heavy atom. The lowest BCUT2D eigenvalue weighted by Gasteiger charge is -2.19. The molecule has 2 aromatic rings. The zero-order valence-corrected chi connectivity index (χ0v) is 11.1. The quantitative estimate of drug-likeness (QED) is 0.896. The van der Waals surface area contributed by atoms with Gasteiger partial charge in [-0.25, -0.2) is 14.4 Å². The van der Waals surface area contributed by atoms with Gasteiger partial charge in [-0.1, -0.05) is 19.1 Å². The number of hydrogen-bond acceptors (Lipinski definition) is 4. The number of aromatic nitrogens is 2. The molecule has 1 aromatic heterocycles. The molecule has 4 nitrogen and oxygen atoms in total. The number of nitrogens with one attached hydrogen (secondary N) is 1. The van der Waals surface area contributed by atoms with Crippen molar-refractivity contribution in [2.45, 2.75) is 13.3 Å². The summed E-state index contributed by atoms with van der Waals surface area (Å²) in [7, 11) is 1.78. The van der Waals surface area contributed by atoms with Gasteiger partial charge in [-0.2, -0.15) is 0 Å². The molecule has 1 heterocycles. The predicted octanol–water partition coefficient (Wildman–Crippen LogP) is 3.21. The SMILES string of the molecule is CCCNc1cc(N(C)c2ccccc2F)ncn1. The first-order valence-electron chi connectivity index (χ1n) is 6.26. The van der Waals surface area contributed by atoms with Crippen LogP contribution in [0.2, 0.25) is 0 Å². The highest BCUT2D eigenvalue weighted by molar-refractivity contribution is 5.61. The van der Waals surface area contributed by atoms with Crippen LogP contribution < -0.4 is 10.2 Å². The molecule has 1 N–H and O–H groups in total. The molecule has 1 aromatic carbocycles. The fourth-order valence-electron chi connectivity index (χ4n) is 1.73. The predicted molar refractivity (Wildman–Crippen MR) is 75.3 cm³/mol. The molecule has 0 fully saturated rings. The van der Waals surface area contributed by atoms with Crippen LogP contribution in [0.1, 0.15) is 13.3 Å². The van der Waals surface area contributed by atoms with E-state index in [4.69, 9.17) is 0 Å². The van der Waals surface area contributed by atoms with E-state index in [1.165, 1.54) is 12.4 Å². The Hall–Kier alpha value is -2.17. The van der Waals surface area contributed by atoms with Gasteiger partial charge in [-0.3, -0.25) is 0 Å². The van der Waals surface area contributed by atoms with Gasteiger partial charge in [0.25, 0.3) is 0 Å². The summed E-state index contributed by atoms with van der Waals surface area (Å²) in [6, 6.07) is 8.43.